The molecule has 2 heterocycles. The number of rotatable bonds is 8. The number of aromatic carboxylic acids is 1. The summed E-state index contributed by atoms with van der Waals surface area (Å²) in [5.74, 6) is -2.52. The standard InChI is InChI=1S/C20H19F2N3O5.K/c1-2-25-9-12(15(19(25)23)20(28)29)13(27)7-8-14-16(18(21)22)17(24-30-14)10-3-5-11(26)6-4-10;/h3-6,9,18,26H,2,7-8,23H2,1H3,(H,28,29);/q;+1/p-1. The summed E-state index contributed by atoms with van der Waals surface area (Å²) in [6.45, 7) is 2.06. The second-order valence-electron chi connectivity index (χ2n) is 6.52. The van der Waals surface area contributed by atoms with Crippen molar-refractivity contribution in [1.82, 2.24) is 9.72 Å². The van der Waals surface area contributed by atoms with E-state index in [0.717, 1.165) is 0 Å². The maximum atomic E-state index is 13.7. The normalized spacial score (nSPS) is 10.8. The molecule has 0 unspecified atom stereocenters. The van der Waals surface area contributed by atoms with Crippen molar-refractivity contribution in [3.63, 3.8) is 0 Å². The minimum atomic E-state index is -2.92. The van der Waals surface area contributed by atoms with Crippen molar-refractivity contribution in [3.05, 3.63) is 52.9 Å². The summed E-state index contributed by atoms with van der Waals surface area (Å²) in [6, 6.07) is 5.48. The van der Waals surface area contributed by atoms with Gasteiger partial charge in [0, 0.05) is 42.3 Å². The number of anilines is 1. The number of carboxylic acid groups (broad SMARTS) is 1. The summed E-state index contributed by atoms with van der Waals surface area (Å²) in [6.07, 6.45) is -2.12. The summed E-state index contributed by atoms with van der Waals surface area (Å²) >= 11 is 0. The molecule has 0 atom stereocenters. The van der Waals surface area contributed by atoms with Crippen LogP contribution in [0.5, 0.6) is 5.75 Å². The van der Waals surface area contributed by atoms with Gasteiger partial charge in [0.05, 0.1) is 11.5 Å². The van der Waals surface area contributed by atoms with Gasteiger partial charge in [-0.05, 0) is 31.2 Å². The van der Waals surface area contributed by atoms with E-state index in [1.54, 1.807) is 6.92 Å². The maximum Gasteiger partial charge on any atom is 1.00 e. The third-order valence-electron chi connectivity index (χ3n) is 4.71. The van der Waals surface area contributed by atoms with Crippen molar-refractivity contribution in [1.29, 1.82) is 0 Å². The molecule has 31 heavy (non-hydrogen) atoms. The van der Waals surface area contributed by atoms with Gasteiger partial charge in [0.1, 0.15) is 23.0 Å². The molecular weight excluding hydrogens is 439 g/mol. The molecule has 158 valence electrons. The summed E-state index contributed by atoms with van der Waals surface area (Å²) in [5, 5.41) is 24.4. The van der Waals surface area contributed by atoms with E-state index < -0.39 is 29.3 Å². The van der Waals surface area contributed by atoms with Crippen LogP contribution < -0.4 is 62.2 Å². The van der Waals surface area contributed by atoms with Crippen LogP contribution in [0.4, 0.5) is 14.6 Å². The van der Waals surface area contributed by atoms with Gasteiger partial charge in [0.2, 0.25) is 0 Å². The van der Waals surface area contributed by atoms with Gasteiger partial charge in [0.25, 0.3) is 6.43 Å². The van der Waals surface area contributed by atoms with Gasteiger partial charge in [-0.15, -0.1) is 0 Å². The molecule has 0 bridgehead atoms. The Bertz CT molecular complexity index is 1090. The van der Waals surface area contributed by atoms with Crippen molar-refractivity contribution < 1.29 is 84.5 Å². The molecule has 8 nitrogen and oxygen atoms in total. The Hall–Kier alpha value is -2.05. The number of hydrogen-bond donors (Lipinski definition) is 2. The number of alkyl halides is 2. The molecule has 0 amide bonds. The number of benzene rings is 1. The van der Waals surface area contributed by atoms with Crippen LogP contribution in [0.15, 0.2) is 35.0 Å². The molecule has 0 fully saturated rings. The zero-order chi connectivity index (χ0) is 22.0. The van der Waals surface area contributed by atoms with E-state index >= 15 is 0 Å². The maximum absolute atomic E-state index is 13.7. The third-order valence-corrected chi connectivity index (χ3v) is 4.71. The average Bonchev–Trinajstić information content (AvgIpc) is 3.27. The Balaban J connectivity index is 0.00000341. The summed E-state index contributed by atoms with van der Waals surface area (Å²) < 4.78 is 33.8. The van der Waals surface area contributed by atoms with Crippen molar-refractivity contribution in [3.8, 4) is 17.0 Å². The minimum Gasteiger partial charge on any atom is -0.545 e. The van der Waals surface area contributed by atoms with Gasteiger partial charge in [-0.2, -0.15) is 0 Å². The summed E-state index contributed by atoms with van der Waals surface area (Å²) in [5.41, 5.74) is 4.95. The van der Waals surface area contributed by atoms with E-state index in [4.69, 9.17) is 10.3 Å². The van der Waals surface area contributed by atoms with Crippen molar-refractivity contribution in [2.75, 3.05) is 5.73 Å². The first-order valence-corrected chi connectivity index (χ1v) is 9.03. The molecule has 0 saturated carbocycles. The number of carboxylic acids is 1. The molecule has 11 heteroatoms. The minimum absolute atomic E-state index is 0. The van der Waals surface area contributed by atoms with Crippen molar-refractivity contribution in [2.24, 2.45) is 0 Å². The van der Waals surface area contributed by atoms with Crippen LogP contribution in [0.3, 0.4) is 0 Å². The Labute approximate surface area is 218 Å². The smallest absolute Gasteiger partial charge is 0.545 e. The number of nitrogens with two attached hydrogens (primary N) is 1. The number of Topliss-reactive ketones (excluding diaryl/α,β-unsaturated/α-hetero) is 1. The number of hydrogen-bond acceptors (Lipinski definition) is 7. The first-order valence-electron chi connectivity index (χ1n) is 9.03. The predicted octanol–water partition coefficient (Wildman–Crippen LogP) is -0.429. The van der Waals surface area contributed by atoms with Gasteiger partial charge in [-0.1, -0.05) is 5.16 Å². The molecule has 0 aliphatic heterocycles. The third kappa shape index (κ3) is 5.24. The molecule has 0 radical (unpaired) electrons. The number of aromatic nitrogens is 2. The van der Waals surface area contributed by atoms with Crippen molar-refractivity contribution in [2.45, 2.75) is 32.7 Å². The Morgan fingerprint density at radius 2 is 1.94 bits per heavy atom. The largest absolute Gasteiger partial charge is 1.00 e. The van der Waals surface area contributed by atoms with Gasteiger partial charge in [-0.3, -0.25) is 4.79 Å². The molecule has 0 spiro atoms. The van der Waals surface area contributed by atoms with E-state index in [-0.39, 0.29) is 92.8 Å². The van der Waals surface area contributed by atoms with Crippen LogP contribution in [0.25, 0.3) is 11.3 Å². The number of phenolic OH excluding ortho intramolecular Hbond substituents is 1. The second-order valence-corrected chi connectivity index (χ2v) is 6.52. The van der Waals surface area contributed by atoms with Crippen LogP contribution in [0.2, 0.25) is 0 Å². The van der Waals surface area contributed by atoms with Crippen LogP contribution in [0, 0.1) is 0 Å². The molecule has 0 aliphatic rings. The number of aryl methyl sites for hydroxylation is 2. The van der Waals surface area contributed by atoms with E-state index in [0.29, 0.717) is 12.1 Å². The molecule has 3 aromatic rings. The molecule has 0 aliphatic carbocycles. The quantitative estimate of drug-likeness (QED) is 0.346. The summed E-state index contributed by atoms with van der Waals surface area (Å²) in [7, 11) is 0. The van der Waals surface area contributed by atoms with Gasteiger partial charge < -0.3 is 29.8 Å². The second kappa shape index (κ2) is 10.5. The fourth-order valence-electron chi connectivity index (χ4n) is 3.18. The van der Waals surface area contributed by atoms with Crippen LogP contribution in [-0.2, 0) is 13.0 Å². The van der Waals surface area contributed by atoms with Crippen LogP contribution in [-0.4, -0.2) is 26.6 Å². The predicted molar refractivity (Wildman–Crippen MR) is 100 cm³/mol. The number of nitrogens with zero attached hydrogens (tertiary/aromatic N) is 2. The zero-order valence-electron chi connectivity index (χ0n) is 16.9. The summed E-state index contributed by atoms with van der Waals surface area (Å²) in [4.78, 5) is 24.0. The number of ketones is 1. The first kappa shape index (κ1) is 25.2. The molecule has 3 N–H and O–H groups in total. The molecular formula is C20H18F2KN3O5. The molecule has 2 aromatic heterocycles. The molecule has 3 rings (SSSR count). The van der Waals surface area contributed by atoms with E-state index in [1.165, 1.54) is 35.0 Å². The van der Waals surface area contributed by atoms with E-state index in [9.17, 15) is 28.6 Å². The number of phenols is 1. The monoisotopic (exact) mass is 457 g/mol. The Morgan fingerprint density at radius 3 is 2.48 bits per heavy atom. The number of halogens is 2. The van der Waals surface area contributed by atoms with E-state index in [1.807, 2.05) is 0 Å². The number of carbonyl (C=O) groups excluding carboxylic acids is 2. The number of nitrogen functional groups attached to an aromatic ring is 1. The van der Waals surface area contributed by atoms with E-state index in [2.05, 4.69) is 5.16 Å². The fraction of sp³-hybridized carbons (Fsp3) is 0.250. The van der Waals surface area contributed by atoms with Crippen molar-refractivity contribution >= 4 is 17.6 Å². The van der Waals surface area contributed by atoms with Crippen LogP contribution >= 0.6 is 0 Å². The van der Waals surface area contributed by atoms with Crippen LogP contribution in [0.1, 0.15) is 51.8 Å². The average molecular weight is 457 g/mol. The first-order chi connectivity index (χ1) is 14.2. The Kier molecular flexibility index (Phi) is 8.54. The number of carbonyl (C=O) groups is 2. The zero-order valence-corrected chi connectivity index (χ0v) is 20.0. The molecule has 1 aromatic carbocycles. The molecule has 0 saturated heterocycles. The Morgan fingerprint density at radius 1 is 1.29 bits per heavy atom. The number of aromatic hydroxyl groups is 1. The SMILES string of the molecule is CCn1cc(C(=O)CCc2onc(-c3ccc(O)cc3)c2C(F)F)c(C(=O)[O-])c1N.[K+]. The van der Waals surface area contributed by atoms with Gasteiger partial charge in [0.15, 0.2) is 5.78 Å². The topological polar surface area (TPSA) is 134 Å². The van der Waals surface area contributed by atoms with Gasteiger partial charge in [-0.25, -0.2) is 8.78 Å². The fourth-order valence-corrected chi connectivity index (χ4v) is 3.18. The van der Waals surface area contributed by atoms with Gasteiger partial charge >= 0.3 is 51.4 Å².